The average Bonchev–Trinajstić information content (AvgIpc) is 1.45. The Labute approximate surface area is 502 Å². The molecule has 10 aromatic carbocycles. The molecule has 0 unspecified atom stereocenters. The van der Waals surface area contributed by atoms with Crippen molar-refractivity contribution in [1.82, 2.24) is 18.7 Å². The molecule has 84 heavy (non-hydrogen) atoms. The summed E-state index contributed by atoms with van der Waals surface area (Å²) in [7, 11) is 0. The molecular weight excluding hydrogens is 1020 g/mol. The molecule has 1 aliphatic rings. The fourth-order valence-corrected chi connectivity index (χ4v) is 12.4. The second kappa shape index (κ2) is 18.9. The first kappa shape index (κ1) is 43.0. The Hall–Kier alpha value is -9.78. The normalized spacial score (nSPS) is 13.9. The zero-order valence-corrected chi connectivity index (χ0v) is 48.5. The topological polar surface area (TPSA) is 40.8 Å². The summed E-state index contributed by atoms with van der Waals surface area (Å²) < 4.78 is 93.0. The lowest BCUT2D eigenvalue weighted by molar-refractivity contribution is -0.571. The minimum Gasteiger partial charge on any atom is -0.458 e. The summed E-state index contributed by atoms with van der Waals surface area (Å²) in [6.07, 6.45) is 5.75. The van der Waals surface area contributed by atoms with E-state index in [1.54, 1.807) is 0 Å². The molecule has 0 bridgehead atoms. The van der Waals surface area contributed by atoms with Crippen molar-refractivity contribution in [2.75, 3.05) is 0 Å². The Kier molecular flexibility index (Phi) is 9.66. The Bertz CT molecular complexity index is 5410. The van der Waals surface area contributed by atoms with Crippen LogP contribution in [-0.4, -0.2) is 18.7 Å². The van der Waals surface area contributed by atoms with Crippen LogP contribution in [0.1, 0.15) is 90.0 Å². The minimum absolute atomic E-state index is 0.0429. The maximum atomic E-state index is 10.2. The zero-order valence-electron chi connectivity index (χ0n) is 56.5. The van der Waals surface area contributed by atoms with Crippen LogP contribution in [0.5, 0.6) is 11.5 Å². The molecule has 0 fully saturated rings. The third-order valence-electron chi connectivity index (χ3n) is 16.8. The first-order valence-electron chi connectivity index (χ1n) is 32.7. The second-order valence-electron chi connectivity index (χ2n) is 25.3. The summed E-state index contributed by atoms with van der Waals surface area (Å²) >= 11 is 0. The third kappa shape index (κ3) is 8.29. The highest BCUT2D eigenvalue weighted by molar-refractivity contribution is 6.11. The van der Waals surface area contributed by atoms with E-state index in [4.69, 9.17) is 9.72 Å². The van der Waals surface area contributed by atoms with Gasteiger partial charge in [0.25, 0.3) is 6.33 Å². The molecule has 0 aliphatic carbocycles. The van der Waals surface area contributed by atoms with Gasteiger partial charge in [0, 0.05) is 33.8 Å². The lowest BCUT2D eigenvalue weighted by atomic mass is 9.78. The molecule has 0 N–H and O–H groups in total. The van der Waals surface area contributed by atoms with Crippen molar-refractivity contribution >= 4 is 54.6 Å². The van der Waals surface area contributed by atoms with Gasteiger partial charge in [0.2, 0.25) is 0 Å². The number of benzene rings is 10. The number of hydrogen-bond acceptors (Lipinski definition) is 2. The van der Waals surface area contributed by atoms with E-state index in [0.29, 0.717) is 50.7 Å². The molecule has 14 aromatic rings. The molecule has 0 saturated heterocycles. The molecule has 408 valence electrons. The molecule has 0 spiro atoms. The average molecular weight is 1100 g/mol. The number of fused-ring (bicyclic) bond motifs is 13. The first-order chi connectivity index (χ1) is 43.9. The van der Waals surface area contributed by atoms with Gasteiger partial charge in [0.15, 0.2) is 0 Å². The van der Waals surface area contributed by atoms with E-state index in [2.05, 4.69) is 169 Å². The van der Waals surface area contributed by atoms with Crippen LogP contribution in [0.2, 0.25) is 0 Å². The Morgan fingerprint density at radius 3 is 1.58 bits per heavy atom. The minimum atomic E-state index is -0.536. The first-order valence-corrected chi connectivity index (χ1v) is 28.7. The lowest BCUT2D eigenvalue weighted by Crippen LogP contribution is -2.32. The molecular formula is C78H65N5O. The fraction of sp³-hybridized carbons (Fsp3) is 0.154. The third-order valence-corrected chi connectivity index (χ3v) is 16.8. The highest BCUT2D eigenvalue weighted by Crippen LogP contribution is 2.47. The molecule has 4 aromatic heterocycles. The number of para-hydroxylation sites is 4. The Morgan fingerprint density at radius 1 is 0.429 bits per heavy atom. The molecule has 0 amide bonds. The summed E-state index contributed by atoms with van der Waals surface area (Å²) in [6.45, 7) is 19.8. The van der Waals surface area contributed by atoms with Crippen molar-refractivity contribution in [3.63, 3.8) is 0 Å². The molecule has 6 heteroatoms. The summed E-state index contributed by atoms with van der Waals surface area (Å²) in [5, 5.41) is 4.14. The van der Waals surface area contributed by atoms with E-state index >= 15 is 0 Å². The second-order valence-corrected chi connectivity index (χ2v) is 25.3. The van der Waals surface area contributed by atoms with E-state index < -0.39 is 36.3 Å². The van der Waals surface area contributed by atoms with Gasteiger partial charge < -0.3 is 9.30 Å². The number of ether oxygens (including phenoxy) is 1. The molecule has 1 aliphatic heterocycles. The van der Waals surface area contributed by atoms with Gasteiger partial charge in [0.1, 0.15) is 17.3 Å². The van der Waals surface area contributed by atoms with Crippen molar-refractivity contribution in [2.24, 2.45) is 0 Å². The smallest absolute Gasteiger partial charge is 0.269 e. The molecule has 5 heterocycles. The molecule has 6 nitrogen and oxygen atoms in total. The summed E-state index contributed by atoms with van der Waals surface area (Å²) in [5.74, 6) is 1.93. The highest BCUT2D eigenvalue weighted by atomic mass is 16.5. The van der Waals surface area contributed by atoms with Gasteiger partial charge in [-0.3, -0.25) is 13.7 Å². The van der Waals surface area contributed by atoms with E-state index in [-0.39, 0.29) is 50.6 Å². The van der Waals surface area contributed by atoms with Crippen molar-refractivity contribution in [1.29, 1.82) is 0 Å². The quantitative estimate of drug-likeness (QED) is 0.123. The molecule has 0 saturated carbocycles. The predicted molar refractivity (Wildman–Crippen MR) is 348 cm³/mol. The fourth-order valence-electron chi connectivity index (χ4n) is 12.4. The van der Waals surface area contributed by atoms with Crippen LogP contribution < -0.4 is 9.30 Å². The van der Waals surface area contributed by atoms with Crippen LogP contribution in [0.15, 0.2) is 230 Å². The van der Waals surface area contributed by atoms with Crippen LogP contribution in [0.4, 0.5) is 0 Å². The van der Waals surface area contributed by atoms with Crippen LogP contribution in [0, 0.1) is 6.33 Å². The number of aromatic nitrogens is 5. The van der Waals surface area contributed by atoms with E-state index in [1.165, 1.54) is 0 Å². The highest BCUT2D eigenvalue weighted by Gasteiger charge is 2.30. The van der Waals surface area contributed by atoms with Crippen LogP contribution >= 0.6 is 0 Å². The Morgan fingerprint density at radius 2 is 0.964 bits per heavy atom. The predicted octanol–water partition coefficient (Wildman–Crippen LogP) is 20.0. The standard InChI is InChI=1S/C78H65N5O/c1-76(2,3)51-38-39-79-73(45-51)83-69-34-19-16-30-63(69)64-37-36-56(47-71(64)83)84-55-23-20-22-54(46-55)80-48-81-74-65(31-21-35-70(74)82-67-32-17-14-28-61(67)62-29-15-18-33-68(62)82)59-26-12-10-24-57(59)58-25-11-13-27-60(58)66-42-50(43-72(80)75(66)81)49-40-52(77(4,5)6)44-53(41-49)78(7,8)9/h10-47H,1-9H3/i10D,11D,12D,13D,24D,25D,26D,27D. The van der Waals surface area contributed by atoms with Gasteiger partial charge in [-0.15, -0.1) is 0 Å². The Balaban J connectivity index is 1.07. The summed E-state index contributed by atoms with van der Waals surface area (Å²) in [6, 6.07) is 55.8. The maximum absolute atomic E-state index is 10.2. The number of imidazole rings is 1. The number of rotatable bonds is 6. The van der Waals surface area contributed by atoms with E-state index in [1.807, 2.05) is 100 Å². The SMILES string of the molecule is [2H]c1c([2H])c([2H])c2c(c1[2H])-c1cccc(-n3c4ccccc4c4ccccc43)c1-[n+]1[c-]n(-c3cccc(Oc4ccc5c6ccccc6n(-c6cc(C(C)(C)C)ccn6)c5c4)c3)c3cc(-c4cc(C(C)(C)C)cc(C(C)(C)C)c4)cc(c31)-c1c([2H])c([2H])c([2H])c([2H])c1-2. The molecule has 0 atom stereocenters. The number of nitrogens with zero attached hydrogens (tertiary/aromatic N) is 5. The molecule has 15 rings (SSSR count). The van der Waals surface area contributed by atoms with Crippen molar-refractivity contribution in [3.8, 4) is 78.9 Å². The van der Waals surface area contributed by atoms with E-state index in [0.717, 1.165) is 77.2 Å². The molecule has 0 radical (unpaired) electrons. The summed E-state index contributed by atoms with van der Waals surface area (Å²) in [4.78, 5) is 4.93. The van der Waals surface area contributed by atoms with Crippen LogP contribution in [0.3, 0.4) is 0 Å². The van der Waals surface area contributed by atoms with Gasteiger partial charge in [0.05, 0.1) is 61.1 Å². The van der Waals surface area contributed by atoms with E-state index in [9.17, 15) is 11.0 Å². The van der Waals surface area contributed by atoms with Crippen molar-refractivity contribution in [3.05, 3.63) is 253 Å². The van der Waals surface area contributed by atoms with Crippen molar-refractivity contribution < 1.29 is 20.3 Å². The van der Waals surface area contributed by atoms with Gasteiger partial charge in [-0.2, -0.15) is 0 Å². The van der Waals surface area contributed by atoms with Crippen LogP contribution in [0.25, 0.3) is 122 Å². The summed E-state index contributed by atoms with van der Waals surface area (Å²) in [5.41, 5.74) is 11.8. The largest absolute Gasteiger partial charge is 0.458 e. The maximum Gasteiger partial charge on any atom is 0.269 e. The van der Waals surface area contributed by atoms with Gasteiger partial charge in [-0.1, -0.05) is 208 Å². The zero-order chi connectivity index (χ0) is 64.4. The van der Waals surface area contributed by atoms with Gasteiger partial charge in [-0.05, 0) is 150 Å². The van der Waals surface area contributed by atoms with Gasteiger partial charge >= 0.3 is 0 Å². The van der Waals surface area contributed by atoms with Gasteiger partial charge in [-0.25, -0.2) is 4.98 Å². The van der Waals surface area contributed by atoms with Crippen LogP contribution in [-0.2, 0) is 16.2 Å². The monoisotopic (exact) mass is 1100 g/mol. The van der Waals surface area contributed by atoms with Crippen molar-refractivity contribution in [2.45, 2.75) is 78.6 Å². The number of hydrogen-bond donors (Lipinski definition) is 0. The number of pyridine rings is 1. The lowest BCUT2D eigenvalue weighted by Gasteiger charge is -2.26.